The van der Waals surface area contributed by atoms with E-state index in [9.17, 15) is 32.6 Å². The summed E-state index contributed by atoms with van der Waals surface area (Å²) in [6.45, 7) is 1.85. The number of rotatable bonds is 8. The lowest BCUT2D eigenvalue weighted by Crippen LogP contribution is -2.52. The number of ether oxygens (including phenoxy) is 1. The highest BCUT2D eigenvalue weighted by Gasteiger charge is 2.58. The molecule has 0 spiro atoms. The van der Waals surface area contributed by atoms with Gasteiger partial charge in [0.1, 0.15) is 28.5 Å². The standard InChI is InChI=1S/C30H26F6N4O4/c1-14-10-16-11-17(12-20(24(16)40-39-14)44-19-8-9-19)27(41)37-13-29(43,30(34,35)36)26-23(33)21(28(2,3)42)22(32)25(38-26)15-4-6-18(31)7-5-15/h4-7,10-12,19,42-43H,8-9,13H2,1-3H3,(H,37,41)/t29-/m0/s1. The van der Waals surface area contributed by atoms with Crippen molar-refractivity contribution in [2.75, 3.05) is 6.54 Å². The van der Waals surface area contributed by atoms with Crippen molar-refractivity contribution in [3.05, 3.63) is 82.4 Å². The first-order valence-electron chi connectivity index (χ1n) is 13.4. The van der Waals surface area contributed by atoms with E-state index in [2.05, 4.69) is 15.2 Å². The van der Waals surface area contributed by atoms with E-state index in [0.29, 0.717) is 16.6 Å². The molecule has 0 aliphatic heterocycles. The maximum atomic E-state index is 15.7. The first-order chi connectivity index (χ1) is 20.5. The van der Waals surface area contributed by atoms with Crippen LogP contribution in [-0.2, 0) is 11.2 Å². The summed E-state index contributed by atoms with van der Waals surface area (Å²) in [7, 11) is 0. The summed E-state index contributed by atoms with van der Waals surface area (Å²) in [6.07, 6.45) is -4.26. The maximum absolute atomic E-state index is 15.7. The highest BCUT2D eigenvalue weighted by Crippen LogP contribution is 2.43. The van der Waals surface area contributed by atoms with Crippen LogP contribution in [0.3, 0.4) is 0 Å². The van der Waals surface area contributed by atoms with Gasteiger partial charge in [-0.15, -0.1) is 5.10 Å². The van der Waals surface area contributed by atoms with Crippen molar-refractivity contribution in [2.45, 2.75) is 57.1 Å². The van der Waals surface area contributed by atoms with E-state index in [1.165, 1.54) is 12.1 Å². The van der Waals surface area contributed by atoms with Crippen molar-refractivity contribution in [2.24, 2.45) is 0 Å². The van der Waals surface area contributed by atoms with Crippen LogP contribution in [0, 0.1) is 24.4 Å². The summed E-state index contributed by atoms with van der Waals surface area (Å²) >= 11 is 0. The molecule has 1 fully saturated rings. The number of alkyl halides is 3. The van der Waals surface area contributed by atoms with Crippen LogP contribution >= 0.6 is 0 Å². The lowest BCUT2D eigenvalue weighted by atomic mass is 9.89. The normalized spacial score (nSPS) is 15.2. The summed E-state index contributed by atoms with van der Waals surface area (Å²) in [5, 5.41) is 32.0. The van der Waals surface area contributed by atoms with Crippen molar-refractivity contribution in [3.63, 3.8) is 0 Å². The minimum atomic E-state index is -5.67. The second-order valence-corrected chi connectivity index (χ2v) is 11.1. The first-order valence-corrected chi connectivity index (χ1v) is 13.4. The molecule has 0 saturated heterocycles. The fourth-order valence-electron chi connectivity index (χ4n) is 4.60. The largest absolute Gasteiger partial charge is 0.488 e. The number of nitrogens with zero attached hydrogens (tertiary/aromatic N) is 3. The Kier molecular flexibility index (Phi) is 7.79. The number of aromatic nitrogens is 3. The molecule has 1 saturated carbocycles. The number of pyridine rings is 1. The number of hydrogen-bond donors (Lipinski definition) is 3. The van der Waals surface area contributed by atoms with Crippen LogP contribution in [0.2, 0.25) is 0 Å². The van der Waals surface area contributed by atoms with E-state index in [-0.39, 0.29) is 23.0 Å². The SMILES string of the molecule is Cc1cc2cc(C(=O)NC[C@](O)(c3nc(-c4ccc(F)cc4)c(F)c(C(C)(C)O)c3F)C(F)(F)F)cc(OC3CC3)c2nn1. The van der Waals surface area contributed by atoms with Gasteiger partial charge < -0.3 is 20.3 Å². The molecule has 4 aromatic rings. The van der Waals surface area contributed by atoms with Crippen LogP contribution in [0.1, 0.15) is 54.0 Å². The zero-order valence-electron chi connectivity index (χ0n) is 23.6. The molecule has 3 N–H and O–H groups in total. The van der Waals surface area contributed by atoms with Crippen molar-refractivity contribution in [1.29, 1.82) is 0 Å². The fourth-order valence-corrected chi connectivity index (χ4v) is 4.60. The third kappa shape index (κ3) is 5.91. The molecule has 1 amide bonds. The molecule has 232 valence electrons. The third-order valence-electron chi connectivity index (χ3n) is 7.03. The van der Waals surface area contributed by atoms with Gasteiger partial charge in [-0.3, -0.25) is 4.79 Å². The van der Waals surface area contributed by atoms with Gasteiger partial charge in [-0.1, -0.05) is 0 Å². The Morgan fingerprint density at radius 2 is 1.66 bits per heavy atom. The summed E-state index contributed by atoms with van der Waals surface area (Å²) in [5.41, 5.74) is -9.99. The second-order valence-electron chi connectivity index (χ2n) is 11.1. The maximum Gasteiger partial charge on any atom is 0.424 e. The number of benzene rings is 2. The number of halogens is 6. The van der Waals surface area contributed by atoms with Crippen LogP contribution in [0.25, 0.3) is 22.2 Å². The molecule has 2 aromatic carbocycles. The second kappa shape index (κ2) is 11.0. The third-order valence-corrected chi connectivity index (χ3v) is 7.03. The Bertz CT molecular complexity index is 1750. The predicted octanol–water partition coefficient (Wildman–Crippen LogP) is 5.37. The average molecular weight is 621 g/mol. The topological polar surface area (TPSA) is 117 Å². The van der Waals surface area contributed by atoms with E-state index in [4.69, 9.17) is 4.74 Å². The number of amides is 1. The molecule has 0 unspecified atom stereocenters. The van der Waals surface area contributed by atoms with Crippen LogP contribution in [0.15, 0.2) is 42.5 Å². The summed E-state index contributed by atoms with van der Waals surface area (Å²) in [6, 6.07) is 7.92. The molecule has 5 rings (SSSR count). The Morgan fingerprint density at radius 1 is 1.00 bits per heavy atom. The summed E-state index contributed by atoms with van der Waals surface area (Å²) in [4.78, 5) is 16.7. The van der Waals surface area contributed by atoms with E-state index >= 15 is 8.78 Å². The van der Waals surface area contributed by atoms with Crippen molar-refractivity contribution >= 4 is 16.8 Å². The Hall–Kier alpha value is -4.30. The minimum Gasteiger partial charge on any atom is -0.488 e. The number of aryl methyl sites for hydroxylation is 1. The van der Waals surface area contributed by atoms with Crippen molar-refractivity contribution in [1.82, 2.24) is 20.5 Å². The van der Waals surface area contributed by atoms with Gasteiger partial charge in [-0.2, -0.15) is 18.3 Å². The Labute approximate surface area is 246 Å². The van der Waals surface area contributed by atoms with Gasteiger partial charge in [-0.05, 0) is 76.1 Å². The van der Waals surface area contributed by atoms with E-state index in [0.717, 1.165) is 51.0 Å². The molecule has 1 aliphatic carbocycles. The van der Waals surface area contributed by atoms with Gasteiger partial charge in [0.15, 0.2) is 11.6 Å². The molecule has 44 heavy (non-hydrogen) atoms. The van der Waals surface area contributed by atoms with E-state index < -0.39 is 64.2 Å². The smallest absolute Gasteiger partial charge is 0.424 e. The van der Waals surface area contributed by atoms with Gasteiger partial charge in [-0.25, -0.2) is 18.2 Å². The van der Waals surface area contributed by atoms with Gasteiger partial charge >= 0.3 is 6.18 Å². The van der Waals surface area contributed by atoms with E-state index in [1.807, 2.05) is 5.32 Å². The average Bonchev–Trinajstić information content (AvgIpc) is 3.74. The van der Waals surface area contributed by atoms with E-state index in [1.54, 1.807) is 13.0 Å². The predicted molar refractivity (Wildman–Crippen MR) is 145 cm³/mol. The van der Waals surface area contributed by atoms with Gasteiger partial charge in [0.05, 0.1) is 29.5 Å². The number of aliphatic hydroxyl groups is 2. The van der Waals surface area contributed by atoms with Crippen LogP contribution in [0.5, 0.6) is 5.75 Å². The molecule has 14 heteroatoms. The van der Waals surface area contributed by atoms with Crippen LogP contribution in [0.4, 0.5) is 26.3 Å². The molecular weight excluding hydrogens is 594 g/mol. The number of hydrogen-bond acceptors (Lipinski definition) is 7. The minimum absolute atomic E-state index is 0.122. The van der Waals surface area contributed by atoms with Crippen molar-refractivity contribution in [3.8, 4) is 17.0 Å². The molecule has 8 nitrogen and oxygen atoms in total. The molecule has 1 atom stereocenters. The van der Waals surface area contributed by atoms with Crippen molar-refractivity contribution < 1.29 is 46.1 Å². The quantitative estimate of drug-likeness (QED) is 0.227. The summed E-state index contributed by atoms with van der Waals surface area (Å²) < 4.78 is 94.2. The van der Waals surface area contributed by atoms with Gasteiger partial charge in [0, 0.05) is 16.5 Å². The van der Waals surface area contributed by atoms with Gasteiger partial charge in [0.25, 0.3) is 5.91 Å². The highest BCUT2D eigenvalue weighted by molar-refractivity contribution is 5.99. The molecule has 0 bridgehead atoms. The number of carbonyl (C=O) groups excluding carboxylic acids is 1. The summed E-state index contributed by atoms with van der Waals surface area (Å²) in [5.74, 6) is -5.16. The molecule has 2 heterocycles. The monoisotopic (exact) mass is 620 g/mol. The molecular formula is C30H26F6N4O4. The number of fused-ring (bicyclic) bond motifs is 1. The molecule has 1 aliphatic rings. The van der Waals surface area contributed by atoms with Crippen LogP contribution in [-0.4, -0.2) is 50.1 Å². The molecule has 0 radical (unpaired) electrons. The Morgan fingerprint density at radius 3 is 2.25 bits per heavy atom. The molecule has 2 aromatic heterocycles. The lowest BCUT2D eigenvalue weighted by Gasteiger charge is -2.32. The lowest BCUT2D eigenvalue weighted by molar-refractivity contribution is -0.266. The Balaban J connectivity index is 1.58. The highest BCUT2D eigenvalue weighted by atomic mass is 19.4. The zero-order valence-corrected chi connectivity index (χ0v) is 23.6. The van der Waals surface area contributed by atoms with Gasteiger partial charge in [0.2, 0.25) is 5.60 Å². The number of nitrogens with one attached hydrogen (secondary N) is 1. The number of carbonyl (C=O) groups is 1. The first kappa shape index (κ1) is 31.1. The zero-order chi connectivity index (χ0) is 32.2. The fraction of sp³-hybridized carbons (Fsp3) is 0.333. The van der Waals surface area contributed by atoms with Crippen LogP contribution < -0.4 is 10.1 Å².